The van der Waals surface area contributed by atoms with E-state index in [0.717, 1.165) is 17.4 Å². The van der Waals surface area contributed by atoms with E-state index in [9.17, 15) is 0 Å². The molecule has 0 aliphatic rings. The van der Waals surface area contributed by atoms with E-state index in [1.54, 1.807) is 13.3 Å². The fourth-order valence-electron chi connectivity index (χ4n) is 1.22. The van der Waals surface area contributed by atoms with E-state index < -0.39 is 0 Å². The molecule has 0 fully saturated rings. The fourth-order valence-corrected chi connectivity index (χ4v) is 1.57. The van der Waals surface area contributed by atoms with Crippen molar-refractivity contribution in [3.8, 4) is 5.88 Å². The maximum atomic E-state index is 5.14. The van der Waals surface area contributed by atoms with Crippen LogP contribution < -0.4 is 9.64 Å². The molecule has 1 aromatic heterocycles. The van der Waals surface area contributed by atoms with E-state index >= 15 is 0 Å². The molecule has 0 unspecified atom stereocenters. The summed E-state index contributed by atoms with van der Waals surface area (Å²) in [7, 11) is 3.59. The molecule has 0 aliphatic heterocycles. The summed E-state index contributed by atoms with van der Waals surface area (Å²) in [6, 6.07) is 0. The van der Waals surface area contributed by atoms with E-state index in [1.165, 1.54) is 0 Å². The van der Waals surface area contributed by atoms with Crippen LogP contribution in [0, 0.1) is 5.92 Å². The highest BCUT2D eigenvalue weighted by Crippen LogP contribution is 2.23. The second-order valence-electron chi connectivity index (χ2n) is 4.13. The number of anilines is 1. The van der Waals surface area contributed by atoms with Crippen molar-refractivity contribution < 1.29 is 4.74 Å². The Hall–Kier alpha value is -0.840. The first kappa shape index (κ1) is 13.2. The predicted molar refractivity (Wildman–Crippen MR) is 69.0 cm³/mol. The van der Waals surface area contributed by atoms with Crippen LogP contribution in [-0.4, -0.2) is 30.7 Å². The SMILES string of the molecule is COc1nc(N(C)CCC(C)C)ncc1Br. The average Bonchev–Trinajstić information content (AvgIpc) is 2.26. The quantitative estimate of drug-likeness (QED) is 0.835. The van der Waals surface area contributed by atoms with Crippen molar-refractivity contribution in [2.75, 3.05) is 25.6 Å². The molecule has 0 radical (unpaired) electrons. The minimum absolute atomic E-state index is 0.571. The summed E-state index contributed by atoms with van der Waals surface area (Å²) >= 11 is 3.33. The molecule has 0 saturated heterocycles. The van der Waals surface area contributed by atoms with E-state index in [-0.39, 0.29) is 0 Å². The van der Waals surface area contributed by atoms with Crippen LogP contribution in [-0.2, 0) is 0 Å². The van der Waals surface area contributed by atoms with Crippen LogP contribution in [0.2, 0.25) is 0 Å². The Bertz CT molecular complexity index is 344. The van der Waals surface area contributed by atoms with E-state index in [4.69, 9.17) is 4.74 Å². The normalized spacial score (nSPS) is 10.6. The minimum atomic E-state index is 0.571. The molecule has 5 heteroatoms. The van der Waals surface area contributed by atoms with Crippen molar-refractivity contribution in [2.45, 2.75) is 20.3 Å². The standard InChI is InChI=1S/C11H18BrN3O/c1-8(2)5-6-15(3)11-13-7-9(12)10(14-11)16-4/h7-8H,5-6H2,1-4H3. The molecule has 0 aliphatic carbocycles. The first-order valence-corrected chi connectivity index (χ1v) is 6.11. The summed E-state index contributed by atoms with van der Waals surface area (Å²) < 4.78 is 5.91. The number of halogens is 1. The summed E-state index contributed by atoms with van der Waals surface area (Å²) in [5, 5.41) is 0. The maximum Gasteiger partial charge on any atom is 0.232 e. The van der Waals surface area contributed by atoms with Crippen LogP contribution in [0.4, 0.5) is 5.95 Å². The van der Waals surface area contributed by atoms with Gasteiger partial charge in [-0.05, 0) is 28.3 Å². The lowest BCUT2D eigenvalue weighted by Crippen LogP contribution is -2.22. The highest BCUT2D eigenvalue weighted by Gasteiger charge is 2.09. The molecule has 1 aromatic rings. The number of hydrogen-bond donors (Lipinski definition) is 0. The molecule has 0 N–H and O–H groups in total. The maximum absolute atomic E-state index is 5.14. The van der Waals surface area contributed by atoms with Crippen LogP contribution in [0.15, 0.2) is 10.7 Å². The molecular weight excluding hydrogens is 270 g/mol. The van der Waals surface area contributed by atoms with Crippen LogP contribution >= 0.6 is 15.9 Å². The lowest BCUT2D eigenvalue weighted by atomic mass is 10.1. The highest BCUT2D eigenvalue weighted by atomic mass is 79.9. The van der Waals surface area contributed by atoms with Gasteiger partial charge < -0.3 is 9.64 Å². The Morgan fingerprint density at radius 1 is 1.50 bits per heavy atom. The number of methoxy groups -OCH3 is 1. The van der Waals surface area contributed by atoms with Gasteiger partial charge in [0.25, 0.3) is 0 Å². The smallest absolute Gasteiger partial charge is 0.232 e. The zero-order valence-corrected chi connectivity index (χ0v) is 11.8. The van der Waals surface area contributed by atoms with Crippen LogP contribution in [0.25, 0.3) is 0 Å². The van der Waals surface area contributed by atoms with Gasteiger partial charge in [-0.15, -0.1) is 0 Å². The first-order valence-electron chi connectivity index (χ1n) is 5.32. The molecule has 16 heavy (non-hydrogen) atoms. The lowest BCUT2D eigenvalue weighted by molar-refractivity contribution is 0.393. The third-order valence-corrected chi connectivity index (χ3v) is 2.82. The molecular formula is C11H18BrN3O. The van der Waals surface area contributed by atoms with Crippen molar-refractivity contribution in [1.29, 1.82) is 0 Å². The summed E-state index contributed by atoms with van der Waals surface area (Å²) in [5.74, 6) is 1.95. The predicted octanol–water partition coefficient (Wildman–Crippen LogP) is 2.73. The zero-order valence-electron chi connectivity index (χ0n) is 10.2. The van der Waals surface area contributed by atoms with Gasteiger partial charge >= 0.3 is 0 Å². The van der Waals surface area contributed by atoms with Crippen LogP contribution in [0.1, 0.15) is 20.3 Å². The van der Waals surface area contributed by atoms with Crippen molar-refractivity contribution in [1.82, 2.24) is 9.97 Å². The van der Waals surface area contributed by atoms with E-state index in [0.29, 0.717) is 17.7 Å². The number of nitrogens with zero attached hydrogens (tertiary/aromatic N) is 3. The highest BCUT2D eigenvalue weighted by molar-refractivity contribution is 9.10. The van der Waals surface area contributed by atoms with Gasteiger partial charge in [-0.1, -0.05) is 13.8 Å². The second kappa shape index (κ2) is 6.03. The third-order valence-electron chi connectivity index (χ3n) is 2.28. The molecule has 1 heterocycles. The largest absolute Gasteiger partial charge is 0.480 e. The first-order chi connectivity index (χ1) is 7.54. The molecule has 0 bridgehead atoms. The third kappa shape index (κ3) is 3.63. The molecule has 0 atom stereocenters. The fraction of sp³-hybridized carbons (Fsp3) is 0.636. The molecule has 4 nitrogen and oxygen atoms in total. The summed E-state index contributed by atoms with van der Waals surface area (Å²) in [6.07, 6.45) is 2.84. The number of ether oxygens (including phenoxy) is 1. The average molecular weight is 288 g/mol. The lowest BCUT2D eigenvalue weighted by Gasteiger charge is -2.18. The Kier molecular flexibility index (Phi) is 4.99. The van der Waals surface area contributed by atoms with Gasteiger partial charge in [-0.25, -0.2) is 4.98 Å². The van der Waals surface area contributed by atoms with Crippen LogP contribution in [0.5, 0.6) is 5.88 Å². The molecule has 0 aromatic carbocycles. The molecule has 0 saturated carbocycles. The Labute approximate surface area is 105 Å². The van der Waals surface area contributed by atoms with Gasteiger partial charge in [0.2, 0.25) is 11.8 Å². The van der Waals surface area contributed by atoms with Gasteiger partial charge in [-0.3, -0.25) is 0 Å². The molecule has 0 amide bonds. The molecule has 1 rings (SSSR count). The van der Waals surface area contributed by atoms with Gasteiger partial charge in [0.05, 0.1) is 17.8 Å². The minimum Gasteiger partial charge on any atom is -0.480 e. The van der Waals surface area contributed by atoms with Gasteiger partial charge in [0.15, 0.2) is 0 Å². The van der Waals surface area contributed by atoms with Gasteiger partial charge in [-0.2, -0.15) is 4.98 Å². The number of hydrogen-bond acceptors (Lipinski definition) is 4. The van der Waals surface area contributed by atoms with Crippen LogP contribution in [0.3, 0.4) is 0 Å². The zero-order chi connectivity index (χ0) is 12.1. The Morgan fingerprint density at radius 2 is 2.19 bits per heavy atom. The molecule has 0 spiro atoms. The number of aromatic nitrogens is 2. The van der Waals surface area contributed by atoms with E-state index in [1.807, 2.05) is 11.9 Å². The summed E-state index contributed by atoms with van der Waals surface area (Å²) in [6.45, 7) is 5.36. The Morgan fingerprint density at radius 3 is 2.75 bits per heavy atom. The van der Waals surface area contributed by atoms with Crippen molar-refractivity contribution >= 4 is 21.9 Å². The van der Waals surface area contributed by atoms with Crippen molar-refractivity contribution in [3.63, 3.8) is 0 Å². The van der Waals surface area contributed by atoms with Gasteiger partial charge in [0, 0.05) is 13.6 Å². The van der Waals surface area contributed by atoms with Crippen molar-refractivity contribution in [3.05, 3.63) is 10.7 Å². The van der Waals surface area contributed by atoms with Crippen molar-refractivity contribution in [2.24, 2.45) is 5.92 Å². The van der Waals surface area contributed by atoms with Gasteiger partial charge in [0.1, 0.15) is 0 Å². The van der Waals surface area contributed by atoms with E-state index in [2.05, 4.69) is 39.7 Å². The summed E-state index contributed by atoms with van der Waals surface area (Å²) in [4.78, 5) is 10.6. The summed E-state index contributed by atoms with van der Waals surface area (Å²) in [5.41, 5.74) is 0. The molecule has 90 valence electrons. The Balaban J connectivity index is 2.72. The second-order valence-corrected chi connectivity index (χ2v) is 4.99. The monoisotopic (exact) mass is 287 g/mol. The topological polar surface area (TPSA) is 38.2 Å². The number of rotatable bonds is 5.